The number of phenols is 2. The zero-order valence-electron chi connectivity index (χ0n) is 15.7. The first-order valence-corrected chi connectivity index (χ1v) is 8.79. The van der Waals surface area contributed by atoms with Gasteiger partial charge in [0.25, 0.3) is 0 Å². The van der Waals surface area contributed by atoms with Crippen LogP contribution in [0.2, 0.25) is 0 Å². The van der Waals surface area contributed by atoms with Crippen molar-refractivity contribution in [2.24, 2.45) is 5.92 Å². The maximum Gasteiger partial charge on any atom is 0.397 e. The van der Waals surface area contributed by atoms with Gasteiger partial charge in [-0.1, -0.05) is 19.1 Å². The number of carbonyl (C=O) groups excluding carboxylic acids is 2. The number of hydrogen-bond acceptors (Lipinski definition) is 5. The van der Waals surface area contributed by atoms with E-state index in [1.54, 1.807) is 19.9 Å². The minimum atomic E-state index is -0.902. The van der Waals surface area contributed by atoms with Crippen LogP contribution in [0, 0.1) is 5.92 Å². The van der Waals surface area contributed by atoms with Crippen LogP contribution in [0.3, 0.4) is 0 Å². The summed E-state index contributed by atoms with van der Waals surface area (Å²) in [7, 11) is 0. The van der Waals surface area contributed by atoms with Crippen LogP contribution in [0.1, 0.15) is 45.6 Å². The van der Waals surface area contributed by atoms with Crippen molar-refractivity contribution in [3.8, 4) is 11.5 Å². The fourth-order valence-corrected chi connectivity index (χ4v) is 2.43. The molecule has 0 bridgehead atoms. The van der Waals surface area contributed by atoms with E-state index < -0.39 is 17.5 Å². The van der Waals surface area contributed by atoms with E-state index in [-0.39, 0.29) is 18.0 Å². The van der Waals surface area contributed by atoms with Crippen LogP contribution in [-0.2, 0) is 20.7 Å². The third-order valence-electron chi connectivity index (χ3n) is 4.13. The molecule has 1 aromatic carbocycles. The van der Waals surface area contributed by atoms with Gasteiger partial charge < -0.3 is 20.3 Å². The number of phenolic OH excluding ortho intramolecular Hbond substituents is 2. The molecule has 26 heavy (non-hydrogen) atoms. The van der Waals surface area contributed by atoms with Crippen LogP contribution >= 0.6 is 0 Å². The van der Waals surface area contributed by atoms with Gasteiger partial charge in [-0.2, -0.15) is 0 Å². The van der Waals surface area contributed by atoms with E-state index in [4.69, 9.17) is 4.74 Å². The topological polar surface area (TPSA) is 95.9 Å². The van der Waals surface area contributed by atoms with Crippen LogP contribution in [-0.4, -0.2) is 34.2 Å². The standard InChI is InChI=1S/C20H29NO5/c1-5-14(2)7-6-11-20(3,4)26-19(25)18(24)21-12-10-15-8-9-16(22)17(23)13-15/h5,8-9,13-14,22-23H,1,6-7,10-12H2,2-4H3,(H,21,24). The zero-order valence-corrected chi connectivity index (χ0v) is 15.7. The molecule has 6 heteroatoms. The minimum absolute atomic E-state index is 0.203. The number of amides is 1. The fourth-order valence-electron chi connectivity index (χ4n) is 2.43. The number of carbonyl (C=O) groups is 2. The molecule has 0 saturated heterocycles. The van der Waals surface area contributed by atoms with Gasteiger partial charge in [0.1, 0.15) is 5.60 Å². The Balaban J connectivity index is 2.38. The van der Waals surface area contributed by atoms with Crippen molar-refractivity contribution in [3.63, 3.8) is 0 Å². The Morgan fingerprint density at radius 2 is 2.00 bits per heavy atom. The lowest BCUT2D eigenvalue weighted by Crippen LogP contribution is -2.39. The van der Waals surface area contributed by atoms with Gasteiger partial charge in [-0.15, -0.1) is 6.58 Å². The first kappa shape index (κ1) is 21.5. The van der Waals surface area contributed by atoms with Gasteiger partial charge in [0.2, 0.25) is 0 Å². The molecule has 6 nitrogen and oxygen atoms in total. The first-order chi connectivity index (χ1) is 12.1. The average Bonchev–Trinajstić information content (AvgIpc) is 2.57. The molecule has 3 N–H and O–H groups in total. The predicted molar refractivity (Wildman–Crippen MR) is 99.9 cm³/mol. The lowest BCUT2D eigenvalue weighted by Gasteiger charge is -2.25. The van der Waals surface area contributed by atoms with Crippen molar-refractivity contribution in [2.45, 2.75) is 52.1 Å². The van der Waals surface area contributed by atoms with Crippen LogP contribution in [0.4, 0.5) is 0 Å². The fraction of sp³-hybridized carbons (Fsp3) is 0.500. The van der Waals surface area contributed by atoms with Gasteiger partial charge in [-0.3, -0.25) is 4.79 Å². The molecule has 0 saturated carbocycles. The van der Waals surface area contributed by atoms with Gasteiger partial charge in [-0.25, -0.2) is 4.79 Å². The molecule has 1 aromatic rings. The van der Waals surface area contributed by atoms with Gasteiger partial charge in [-0.05, 0) is 63.1 Å². The van der Waals surface area contributed by atoms with E-state index in [0.29, 0.717) is 18.8 Å². The summed E-state index contributed by atoms with van der Waals surface area (Å²) >= 11 is 0. The molecule has 0 heterocycles. The van der Waals surface area contributed by atoms with E-state index in [1.165, 1.54) is 12.1 Å². The lowest BCUT2D eigenvalue weighted by atomic mass is 9.97. The number of nitrogens with one attached hydrogen (secondary N) is 1. The Kier molecular flexibility index (Phi) is 8.16. The van der Waals surface area contributed by atoms with Gasteiger partial charge >= 0.3 is 11.9 Å². The largest absolute Gasteiger partial charge is 0.504 e. The number of benzene rings is 1. The van der Waals surface area contributed by atoms with Crippen molar-refractivity contribution in [1.82, 2.24) is 5.32 Å². The third-order valence-corrected chi connectivity index (χ3v) is 4.13. The third kappa shape index (κ3) is 7.59. The number of hydrogen-bond donors (Lipinski definition) is 3. The maximum atomic E-state index is 11.9. The number of esters is 1. The highest BCUT2D eigenvalue weighted by Crippen LogP contribution is 2.25. The predicted octanol–water partition coefficient (Wildman–Crippen LogP) is 3.07. The molecule has 1 unspecified atom stereocenters. The summed E-state index contributed by atoms with van der Waals surface area (Å²) in [6.07, 6.45) is 4.79. The summed E-state index contributed by atoms with van der Waals surface area (Å²) in [6.45, 7) is 9.61. The summed E-state index contributed by atoms with van der Waals surface area (Å²) in [5.74, 6) is -1.71. The molecule has 1 atom stereocenters. The summed E-state index contributed by atoms with van der Waals surface area (Å²) < 4.78 is 5.30. The average molecular weight is 363 g/mol. The van der Waals surface area contributed by atoms with Crippen molar-refractivity contribution < 1.29 is 24.5 Å². The molecule has 1 amide bonds. The van der Waals surface area contributed by atoms with E-state index >= 15 is 0 Å². The molecule has 0 aliphatic carbocycles. The molecular weight excluding hydrogens is 334 g/mol. The summed E-state index contributed by atoms with van der Waals surface area (Å²) in [6, 6.07) is 4.41. The first-order valence-electron chi connectivity index (χ1n) is 8.79. The molecule has 0 fully saturated rings. The minimum Gasteiger partial charge on any atom is -0.504 e. The van der Waals surface area contributed by atoms with Crippen LogP contribution in [0.15, 0.2) is 30.9 Å². The van der Waals surface area contributed by atoms with Crippen LogP contribution in [0.25, 0.3) is 0 Å². The number of aromatic hydroxyl groups is 2. The second kappa shape index (κ2) is 9.85. The van der Waals surface area contributed by atoms with Gasteiger partial charge in [0, 0.05) is 6.54 Å². The van der Waals surface area contributed by atoms with E-state index in [0.717, 1.165) is 18.4 Å². The maximum absolute atomic E-state index is 11.9. The normalized spacial score (nSPS) is 12.3. The van der Waals surface area contributed by atoms with E-state index in [9.17, 15) is 19.8 Å². The SMILES string of the molecule is C=CC(C)CCCC(C)(C)OC(=O)C(=O)NCCc1ccc(O)c(O)c1. The van der Waals surface area contributed by atoms with Crippen LogP contribution in [0.5, 0.6) is 11.5 Å². The Morgan fingerprint density at radius 3 is 2.62 bits per heavy atom. The number of rotatable bonds is 9. The van der Waals surface area contributed by atoms with Crippen molar-refractivity contribution in [1.29, 1.82) is 0 Å². The molecular formula is C20H29NO5. The molecule has 0 aliphatic heterocycles. The van der Waals surface area contributed by atoms with E-state index in [2.05, 4.69) is 18.8 Å². The summed E-state index contributed by atoms with van der Waals surface area (Å²) in [5.41, 5.74) is 0.0172. The monoisotopic (exact) mass is 363 g/mol. The van der Waals surface area contributed by atoms with Crippen molar-refractivity contribution in [2.75, 3.05) is 6.54 Å². The van der Waals surface area contributed by atoms with Crippen LogP contribution < -0.4 is 5.32 Å². The van der Waals surface area contributed by atoms with Crippen molar-refractivity contribution >= 4 is 11.9 Å². The molecule has 1 rings (SSSR count). The molecule has 0 spiro atoms. The second-order valence-electron chi connectivity index (χ2n) is 7.08. The quantitative estimate of drug-likeness (QED) is 0.271. The highest BCUT2D eigenvalue weighted by molar-refractivity contribution is 6.32. The smallest absolute Gasteiger partial charge is 0.397 e. The Labute approximate surface area is 154 Å². The summed E-state index contributed by atoms with van der Waals surface area (Å²) in [4.78, 5) is 23.8. The van der Waals surface area contributed by atoms with E-state index in [1.807, 2.05) is 6.08 Å². The summed E-state index contributed by atoms with van der Waals surface area (Å²) in [5, 5.41) is 21.2. The Morgan fingerprint density at radius 1 is 1.31 bits per heavy atom. The Bertz CT molecular complexity index is 639. The van der Waals surface area contributed by atoms with Crippen molar-refractivity contribution in [3.05, 3.63) is 36.4 Å². The van der Waals surface area contributed by atoms with Gasteiger partial charge in [0.15, 0.2) is 11.5 Å². The second-order valence-corrected chi connectivity index (χ2v) is 7.08. The number of allylic oxidation sites excluding steroid dienone is 1. The molecule has 0 aromatic heterocycles. The number of ether oxygens (including phenoxy) is 1. The Hall–Kier alpha value is -2.50. The highest BCUT2D eigenvalue weighted by atomic mass is 16.6. The molecule has 0 radical (unpaired) electrons. The molecule has 144 valence electrons. The zero-order chi connectivity index (χ0) is 19.7. The lowest BCUT2D eigenvalue weighted by molar-refractivity contribution is -0.165. The molecule has 0 aliphatic rings. The van der Waals surface area contributed by atoms with Gasteiger partial charge in [0.05, 0.1) is 0 Å². The highest BCUT2D eigenvalue weighted by Gasteiger charge is 2.26.